The molecule has 1 amide bonds. The number of nitriles is 1. The van der Waals surface area contributed by atoms with Crippen molar-refractivity contribution in [2.45, 2.75) is 38.2 Å². The summed E-state index contributed by atoms with van der Waals surface area (Å²) in [6.07, 6.45) is 7.51. The van der Waals surface area contributed by atoms with Crippen LogP contribution < -0.4 is 15.4 Å². The van der Waals surface area contributed by atoms with Crippen molar-refractivity contribution in [3.63, 3.8) is 0 Å². The molecule has 0 unspecified atom stereocenters. The Bertz CT molecular complexity index is 1280. The Hall–Kier alpha value is -4.03. The molecular formula is C27H28N6O3. The highest BCUT2D eigenvalue weighted by atomic mass is 16.5. The van der Waals surface area contributed by atoms with E-state index in [2.05, 4.69) is 31.7 Å². The molecule has 184 valence electrons. The fraction of sp³-hybridized carbons (Fsp3) is 0.370. The summed E-state index contributed by atoms with van der Waals surface area (Å²) in [6.45, 7) is 1.35. The van der Waals surface area contributed by atoms with E-state index in [-0.39, 0.29) is 17.4 Å². The van der Waals surface area contributed by atoms with Crippen LogP contribution in [0.25, 0.3) is 11.3 Å². The van der Waals surface area contributed by atoms with Gasteiger partial charge >= 0.3 is 0 Å². The summed E-state index contributed by atoms with van der Waals surface area (Å²) in [7, 11) is 1.67. The van der Waals surface area contributed by atoms with Crippen LogP contribution in [0.1, 0.15) is 36.9 Å². The van der Waals surface area contributed by atoms with Crippen LogP contribution in [0.3, 0.4) is 0 Å². The summed E-state index contributed by atoms with van der Waals surface area (Å²) >= 11 is 0. The second kappa shape index (κ2) is 10.3. The fourth-order valence-corrected chi connectivity index (χ4v) is 4.41. The summed E-state index contributed by atoms with van der Waals surface area (Å²) in [5.74, 6) is 1.09. The number of hydrogen-bond donors (Lipinski definition) is 2. The number of anilines is 2. The normalized spacial score (nSPS) is 16.6. The fourth-order valence-electron chi connectivity index (χ4n) is 4.41. The molecule has 1 saturated carbocycles. The van der Waals surface area contributed by atoms with Crippen molar-refractivity contribution in [2.75, 3.05) is 25.6 Å². The van der Waals surface area contributed by atoms with Crippen LogP contribution in [0.4, 0.5) is 11.6 Å². The van der Waals surface area contributed by atoms with Gasteiger partial charge in [-0.3, -0.25) is 9.78 Å². The summed E-state index contributed by atoms with van der Waals surface area (Å²) in [4.78, 5) is 25.6. The molecule has 0 spiro atoms. The lowest BCUT2D eigenvalue weighted by Crippen LogP contribution is -2.30. The molecule has 1 saturated heterocycles. The van der Waals surface area contributed by atoms with Gasteiger partial charge in [0.1, 0.15) is 17.9 Å². The predicted octanol–water partition coefficient (Wildman–Crippen LogP) is 3.78. The van der Waals surface area contributed by atoms with Gasteiger partial charge < -0.3 is 20.1 Å². The van der Waals surface area contributed by atoms with Gasteiger partial charge in [0.15, 0.2) is 0 Å². The largest absolute Gasteiger partial charge is 0.489 e. The molecule has 1 aromatic carbocycles. The molecular weight excluding hydrogens is 456 g/mol. The predicted molar refractivity (Wildman–Crippen MR) is 134 cm³/mol. The van der Waals surface area contributed by atoms with Crippen molar-refractivity contribution in [1.29, 1.82) is 5.26 Å². The van der Waals surface area contributed by atoms with Gasteiger partial charge in [-0.1, -0.05) is 0 Å². The average Bonchev–Trinajstić information content (AvgIpc) is 3.71. The van der Waals surface area contributed by atoms with E-state index >= 15 is 0 Å². The van der Waals surface area contributed by atoms with E-state index in [9.17, 15) is 10.1 Å². The van der Waals surface area contributed by atoms with Gasteiger partial charge in [0, 0.05) is 43.8 Å². The third kappa shape index (κ3) is 5.29. The van der Waals surface area contributed by atoms with E-state index in [1.165, 1.54) is 0 Å². The topological polar surface area (TPSA) is 122 Å². The van der Waals surface area contributed by atoms with Gasteiger partial charge in [-0.15, -0.1) is 0 Å². The molecule has 9 heteroatoms. The SMILES string of the molecule is CNC(=O)C1(Cc2ccc(Nc3nccc(-c4ccc(OC5CCOCC5)c(C#N)c4)n3)cn2)CC1. The number of amides is 1. The summed E-state index contributed by atoms with van der Waals surface area (Å²) in [6, 6.07) is 13.4. The molecule has 5 rings (SSSR count). The molecule has 2 aromatic heterocycles. The Kier molecular flexibility index (Phi) is 6.78. The van der Waals surface area contributed by atoms with Crippen molar-refractivity contribution < 1.29 is 14.3 Å². The number of aromatic nitrogens is 3. The summed E-state index contributed by atoms with van der Waals surface area (Å²) in [5, 5.41) is 15.6. The van der Waals surface area contributed by atoms with Gasteiger partial charge in [-0.25, -0.2) is 9.97 Å². The monoisotopic (exact) mass is 484 g/mol. The van der Waals surface area contributed by atoms with Crippen LogP contribution in [-0.2, 0) is 16.0 Å². The lowest BCUT2D eigenvalue weighted by atomic mass is 9.99. The van der Waals surface area contributed by atoms with Crippen LogP contribution >= 0.6 is 0 Å². The molecule has 2 N–H and O–H groups in total. The maximum Gasteiger partial charge on any atom is 0.227 e. The molecule has 2 fully saturated rings. The molecule has 0 bridgehead atoms. The molecule has 0 radical (unpaired) electrons. The number of benzene rings is 1. The third-order valence-electron chi connectivity index (χ3n) is 6.68. The minimum atomic E-state index is -0.304. The third-order valence-corrected chi connectivity index (χ3v) is 6.68. The van der Waals surface area contributed by atoms with E-state index in [1.807, 2.05) is 24.3 Å². The Morgan fingerprint density at radius 1 is 1.19 bits per heavy atom. The number of nitrogens with one attached hydrogen (secondary N) is 2. The van der Waals surface area contributed by atoms with Crippen LogP contribution in [0.2, 0.25) is 0 Å². The minimum Gasteiger partial charge on any atom is -0.489 e. The first-order valence-electron chi connectivity index (χ1n) is 12.1. The van der Waals surface area contributed by atoms with Gasteiger partial charge in [0.25, 0.3) is 0 Å². The second-order valence-corrected chi connectivity index (χ2v) is 9.22. The average molecular weight is 485 g/mol. The van der Waals surface area contributed by atoms with E-state index < -0.39 is 0 Å². The maximum absolute atomic E-state index is 12.1. The first-order valence-corrected chi connectivity index (χ1v) is 12.1. The number of pyridine rings is 1. The molecule has 2 aliphatic rings. The Morgan fingerprint density at radius 2 is 2.03 bits per heavy atom. The molecule has 36 heavy (non-hydrogen) atoms. The van der Waals surface area contributed by atoms with E-state index in [0.717, 1.165) is 42.6 Å². The lowest BCUT2D eigenvalue weighted by Gasteiger charge is -2.23. The van der Waals surface area contributed by atoms with Gasteiger partial charge in [-0.2, -0.15) is 5.26 Å². The van der Waals surface area contributed by atoms with Crippen molar-refractivity contribution in [1.82, 2.24) is 20.3 Å². The van der Waals surface area contributed by atoms with Crippen molar-refractivity contribution in [2.24, 2.45) is 5.41 Å². The van der Waals surface area contributed by atoms with Crippen molar-refractivity contribution in [3.8, 4) is 23.1 Å². The standard InChI is InChI=1S/C27H28N6O3/c1-29-25(34)27(9-10-27)15-20-3-4-21(17-31-20)32-26-30-11-6-23(33-26)18-2-5-24(19(14-18)16-28)36-22-7-12-35-13-8-22/h2-6,11,14,17,22H,7-10,12-13,15H2,1H3,(H,29,34)(H,30,32,33). The van der Waals surface area contributed by atoms with Crippen LogP contribution in [-0.4, -0.2) is 47.2 Å². The second-order valence-electron chi connectivity index (χ2n) is 9.22. The number of carbonyl (C=O) groups excluding carboxylic acids is 1. The lowest BCUT2D eigenvalue weighted by molar-refractivity contribution is -0.125. The zero-order valence-electron chi connectivity index (χ0n) is 20.2. The zero-order valence-corrected chi connectivity index (χ0v) is 20.2. The molecule has 3 aromatic rings. The van der Waals surface area contributed by atoms with Gasteiger partial charge in [-0.05, 0) is 49.2 Å². The van der Waals surface area contributed by atoms with Crippen LogP contribution in [0.15, 0.2) is 48.8 Å². The number of nitrogens with zero attached hydrogens (tertiary/aromatic N) is 4. The number of ether oxygens (including phenoxy) is 2. The number of rotatable bonds is 8. The molecule has 1 aliphatic carbocycles. The Labute approximate surface area is 209 Å². The highest BCUT2D eigenvalue weighted by molar-refractivity contribution is 5.85. The molecule has 3 heterocycles. The zero-order chi connectivity index (χ0) is 25.0. The summed E-state index contributed by atoms with van der Waals surface area (Å²) < 4.78 is 11.4. The van der Waals surface area contributed by atoms with E-state index in [1.54, 1.807) is 31.6 Å². The van der Waals surface area contributed by atoms with Crippen molar-refractivity contribution >= 4 is 17.5 Å². The quantitative estimate of drug-likeness (QED) is 0.495. The van der Waals surface area contributed by atoms with Gasteiger partial charge in [0.05, 0.1) is 41.8 Å². The Morgan fingerprint density at radius 3 is 2.72 bits per heavy atom. The molecule has 9 nitrogen and oxygen atoms in total. The Balaban J connectivity index is 1.27. The van der Waals surface area contributed by atoms with Crippen molar-refractivity contribution in [3.05, 3.63) is 60.0 Å². The first kappa shape index (κ1) is 23.7. The van der Waals surface area contributed by atoms with E-state index in [4.69, 9.17) is 9.47 Å². The van der Waals surface area contributed by atoms with Gasteiger partial charge in [0.2, 0.25) is 11.9 Å². The summed E-state index contributed by atoms with van der Waals surface area (Å²) in [5.41, 5.74) is 3.28. The molecule has 1 aliphatic heterocycles. The first-order chi connectivity index (χ1) is 17.6. The highest BCUT2D eigenvalue weighted by Gasteiger charge is 2.49. The highest BCUT2D eigenvalue weighted by Crippen LogP contribution is 2.48. The number of hydrogen-bond acceptors (Lipinski definition) is 8. The minimum absolute atomic E-state index is 0.0603. The maximum atomic E-state index is 12.1. The number of carbonyl (C=O) groups is 1. The van der Waals surface area contributed by atoms with Crippen LogP contribution in [0, 0.1) is 16.7 Å². The van der Waals surface area contributed by atoms with Crippen LogP contribution in [0.5, 0.6) is 5.75 Å². The smallest absolute Gasteiger partial charge is 0.227 e. The molecule has 0 atom stereocenters. The van der Waals surface area contributed by atoms with E-state index in [0.29, 0.717) is 42.6 Å².